The number of aromatic nitrogens is 1. The molecule has 3 heterocycles. The zero-order valence-corrected chi connectivity index (χ0v) is 17.8. The van der Waals surface area contributed by atoms with Crippen LogP contribution in [0.1, 0.15) is 18.5 Å². The number of alkyl carbamates (subject to hydrolysis) is 1. The van der Waals surface area contributed by atoms with E-state index in [0.29, 0.717) is 25.2 Å². The lowest BCUT2D eigenvalue weighted by molar-refractivity contribution is -0.146. The number of nitrogens with zero attached hydrogens (tertiary/aromatic N) is 2. The molecule has 4 rings (SSSR count). The maximum absolute atomic E-state index is 15.2. The van der Waals surface area contributed by atoms with Crippen molar-refractivity contribution in [3.8, 4) is 5.88 Å². The third-order valence-electron chi connectivity index (χ3n) is 5.39. The lowest BCUT2D eigenvalue weighted by Crippen LogP contribution is -2.56. The van der Waals surface area contributed by atoms with E-state index in [1.165, 1.54) is 25.3 Å². The van der Waals surface area contributed by atoms with E-state index in [9.17, 15) is 14.4 Å². The Morgan fingerprint density at radius 3 is 2.91 bits per heavy atom. The van der Waals surface area contributed by atoms with Crippen molar-refractivity contribution in [2.45, 2.75) is 25.1 Å². The number of piperazine rings is 1. The summed E-state index contributed by atoms with van der Waals surface area (Å²) in [7, 11) is 0. The van der Waals surface area contributed by atoms with Crippen molar-refractivity contribution < 1.29 is 37.5 Å². The van der Waals surface area contributed by atoms with Crippen molar-refractivity contribution in [3.05, 3.63) is 41.9 Å². The molecule has 2 aliphatic heterocycles. The normalized spacial score (nSPS) is 22.4. The Kier molecular flexibility index (Phi) is 6.73. The van der Waals surface area contributed by atoms with Crippen molar-refractivity contribution in [1.29, 1.82) is 0 Å². The first-order chi connectivity index (χ1) is 15.9. The Morgan fingerprint density at radius 1 is 1.33 bits per heavy atom. The lowest BCUT2D eigenvalue weighted by Gasteiger charge is -2.37. The molecular formula is C21H23FN4O7. The summed E-state index contributed by atoms with van der Waals surface area (Å²) < 4.78 is 35.4. The standard InChI is InChI=1S/C21H23FN4O7/c1-12(27)30-10-17(28)16-9-23-5-6-26(16)15-3-2-13(8-14(15)22)20-18(33-21(29)24-20)11-31-19-4-7-32-25-19/h2-4,7-8,16,18,20,23H,5-6,9-11H2,1H3,(H,24,29)/t16?,18-,20?/m0/s1. The summed E-state index contributed by atoms with van der Waals surface area (Å²) in [6, 6.07) is 4.71. The van der Waals surface area contributed by atoms with Crippen LogP contribution < -0.4 is 20.3 Å². The first kappa shape index (κ1) is 22.5. The zero-order valence-electron chi connectivity index (χ0n) is 17.8. The fraction of sp³-hybridized carbons (Fsp3) is 0.429. The van der Waals surface area contributed by atoms with Gasteiger partial charge in [0.1, 0.15) is 24.7 Å². The minimum absolute atomic E-state index is 0.0101. The average Bonchev–Trinajstić information content (AvgIpc) is 3.45. The average molecular weight is 462 g/mol. The number of anilines is 1. The highest BCUT2D eigenvalue weighted by Crippen LogP contribution is 2.30. The van der Waals surface area contributed by atoms with Crippen molar-refractivity contribution in [2.24, 2.45) is 0 Å². The molecule has 2 N–H and O–H groups in total. The van der Waals surface area contributed by atoms with Crippen molar-refractivity contribution in [2.75, 3.05) is 37.7 Å². The molecule has 2 saturated heterocycles. The van der Waals surface area contributed by atoms with Gasteiger partial charge >= 0.3 is 12.1 Å². The van der Waals surface area contributed by atoms with Gasteiger partial charge in [0.05, 0.1) is 11.7 Å². The molecule has 2 aromatic rings. The Balaban J connectivity index is 1.49. The number of rotatable bonds is 8. The van der Waals surface area contributed by atoms with Crippen LogP contribution in [0.2, 0.25) is 0 Å². The fourth-order valence-corrected chi connectivity index (χ4v) is 3.83. The van der Waals surface area contributed by atoms with Crippen LogP contribution in [-0.2, 0) is 19.1 Å². The highest BCUT2D eigenvalue weighted by molar-refractivity contribution is 5.90. The number of benzene rings is 1. The van der Waals surface area contributed by atoms with Gasteiger partial charge in [0.25, 0.3) is 5.88 Å². The van der Waals surface area contributed by atoms with Gasteiger partial charge in [-0.2, -0.15) is 0 Å². The van der Waals surface area contributed by atoms with Crippen molar-refractivity contribution in [1.82, 2.24) is 15.8 Å². The molecule has 176 valence electrons. The summed E-state index contributed by atoms with van der Waals surface area (Å²) in [5, 5.41) is 9.38. The molecule has 11 nitrogen and oxygen atoms in total. The van der Waals surface area contributed by atoms with Crippen LogP contribution in [0.15, 0.2) is 35.1 Å². The van der Waals surface area contributed by atoms with Gasteiger partial charge in [-0.3, -0.25) is 9.59 Å². The second kappa shape index (κ2) is 9.86. The van der Waals surface area contributed by atoms with Gasteiger partial charge in [-0.05, 0) is 22.9 Å². The van der Waals surface area contributed by atoms with Gasteiger partial charge in [-0.1, -0.05) is 6.07 Å². The second-order valence-corrected chi connectivity index (χ2v) is 7.59. The minimum Gasteiger partial charge on any atom is -0.471 e. The molecule has 2 aliphatic rings. The molecule has 0 bridgehead atoms. The third kappa shape index (κ3) is 5.22. The van der Waals surface area contributed by atoms with E-state index in [1.54, 1.807) is 17.0 Å². The molecule has 33 heavy (non-hydrogen) atoms. The molecule has 3 atom stereocenters. The molecule has 0 aliphatic carbocycles. The Hall–Kier alpha value is -3.67. The second-order valence-electron chi connectivity index (χ2n) is 7.59. The van der Waals surface area contributed by atoms with Crippen LogP contribution in [-0.4, -0.2) is 68.0 Å². The number of cyclic esters (lactones) is 1. The summed E-state index contributed by atoms with van der Waals surface area (Å²) >= 11 is 0. The summed E-state index contributed by atoms with van der Waals surface area (Å²) in [6.45, 7) is 2.09. The molecule has 0 radical (unpaired) electrons. The quantitative estimate of drug-likeness (QED) is 0.547. The van der Waals surface area contributed by atoms with Crippen LogP contribution in [0.25, 0.3) is 0 Å². The number of Topliss-reactive ketones (excluding diaryl/α,β-unsaturated/α-hetero) is 1. The van der Waals surface area contributed by atoms with Crippen molar-refractivity contribution in [3.63, 3.8) is 0 Å². The van der Waals surface area contributed by atoms with Crippen LogP contribution in [0.4, 0.5) is 14.9 Å². The molecule has 1 amide bonds. The predicted molar refractivity (Wildman–Crippen MR) is 110 cm³/mol. The number of ketones is 1. The summed E-state index contributed by atoms with van der Waals surface area (Å²) in [6.07, 6.45) is -0.00614. The SMILES string of the molecule is CC(=O)OCC(=O)C1CNCCN1c1ccc(C2NC(=O)O[C@H]2COc2ccon2)cc1F. The van der Waals surface area contributed by atoms with Gasteiger partial charge in [0.2, 0.25) is 0 Å². The number of esters is 1. The van der Waals surface area contributed by atoms with E-state index < -0.39 is 36.1 Å². The van der Waals surface area contributed by atoms with Crippen LogP contribution in [0.5, 0.6) is 5.88 Å². The van der Waals surface area contributed by atoms with Gasteiger partial charge in [-0.25, -0.2) is 9.18 Å². The number of hydrogen-bond acceptors (Lipinski definition) is 10. The molecule has 2 unspecified atom stereocenters. The Bertz CT molecular complexity index is 1020. The number of hydrogen-bond donors (Lipinski definition) is 2. The highest BCUT2D eigenvalue weighted by Gasteiger charge is 2.37. The van der Waals surface area contributed by atoms with E-state index in [2.05, 4.69) is 15.8 Å². The van der Waals surface area contributed by atoms with Crippen LogP contribution in [0, 0.1) is 5.82 Å². The smallest absolute Gasteiger partial charge is 0.408 e. The van der Waals surface area contributed by atoms with E-state index in [-0.39, 0.29) is 30.6 Å². The fourth-order valence-electron chi connectivity index (χ4n) is 3.83. The zero-order chi connectivity index (χ0) is 23.4. The van der Waals surface area contributed by atoms with Gasteiger partial charge in [-0.15, -0.1) is 0 Å². The van der Waals surface area contributed by atoms with E-state index >= 15 is 4.39 Å². The summed E-state index contributed by atoms with van der Waals surface area (Å²) in [5.74, 6) is -1.21. The Morgan fingerprint density at radius 2 is 2.18 bits per heavy atom. The van der Waals surface area contributed by atoms with E-state index in [4.69, 9.17) is 18.7 Å². The first-order valence-corrected chi connectivity index (χ1v) is 10.4. The molecule has 2 fully saturated rings. The number of amides is 1. The lowest BCUT2D eigenvalue weighted by atomic mass is 10.0. The number of carbonyl (C=O) groups is 3. The first-order valence-electron chi connectivity index (χ1n) is 10.4. The monoisotopic (exact) mass is 462 g/mol. The number of nitrogens with one attached hydrogen (secondary N) is 2. The topological polar surface area (TPSA) is 132 Å². The maximum atomic E-state index is 15.2. The maximum Gasteiger partial charge on any atom is 0.408 e. The third-order valence-corrected chi connectivity index (χ3v) is 5.39. The van der Waals surface area contributed by atoms with Gasteiger partial charge in [0, 0.05) is 32.6 Å². The minimum atomic E-state index is -0.711. The molecule has 1 aromatic carbocycles. The predicted octanol–water partition coefficient (Wildman–Crippen LogP) is 0.953. The molecule has 0 saturated carbocycles. The number of carbonyl (C=O) groups excluding carboxylic acids is 3. The van der Waals surface area contributed by atoms with Crippen molar-refractivity contribution >= 4 is 23.5 Å². The number of ether oxygens (including phenoxy) is 3. The highest BCUT2D eigenvalue weighted by atomic mass is 19.1. The molecule has 0 spiro atoms. The summed E-state index contributed by atoms with van der Waals surface area (Å²) in [4.78, 5) is 37.1. The van der Waals surface area contributed by atoms with E-state index in [0.717, 1.165) is 0 Å². The largest absolute Gasteiger partial charge is 0.471 e. The molecular weight excluding hydrogens is 439 g/mol. The Labute approximate surface area is 188 Å². The molecule has 1 aromatic heterocycles. The van der Waals surface area contributed by atoms with Crippen LogP contribution >= 0.6 is 0 Å². The van der Waals surface area contributed by atoms with Gasteiger partial charge in [0.15, 0.2) is 18.5 Å². The molecule has 12 heteroatoms. The van der Waals surface area contributed by atoms with Gasteiger partial charge < -0.3 is 34.3 Å². The van der Waals surface area contributed by atoms with Crippen LogP contribution in [0.3, 0.4) is 0 Å². The number of halogens is 1. The van der Waals surface area contributed by atoms with E-state index in [1.807, 2.05) is 0 Å². The summed E-state index contributed by atoms with van der Waals surface area (Å²) in [5.41, 5.74) is 0.718.